The van der Waals surface area contributed by atoms with Gasteiger partial charge in [0.2, 0.25) is 21.9 Å². The Bertz CT molecular complexity index is 1110. The Hall–Kier alpha value is -2.56. The second kappa shape index (κ2) is 7.11. The van der Waals surface area contributed by atoms with Gasteiger partial charge in [0, 0.05) is 22.5 Å². The molecule has 0 amide bonds. The van der Waals surface area contributed by atoms with E-state index in [0.29, 0.717) is 29.6 Å². The van der Waals surface area contributed by atoms with Crippen molar-refractivity contribution in [3.05, 3.63) is 41.4 Å². The molecule has 0 bridgehead atoms. The van der Waals surface area contributed by atoms with Crippen molar-refractivity contribution in [1.82, 2.24) is 15.2 Å². The van der Waals surface area contributed by atoms with Crippen LogP contribution >= 0.6 is 11.6 Å². The lowest BCUT2D eigenvalue weighted by molar-refractivity contribution is 0.599. The number of halogens is 1. The van der Waals surface area contributed by atoms with Crippen LogP contribution in [0.4, 0.5) is 23.3 Å². The van der Waals surface area contributed by atoms with Gasteiger partial charge in [0.15, 0.2) is 0 Å². The minimum absolute atomic E-state index is 0.205. The largest absolute Gasteiger partial charge is 0.368 e. The van der Waals surface area contributed by atoms with Crippen molar-refractivity contribution in [3.63, 3.8) is 0 Å². The summed E-state index contributed by atoms with van der Waals surface area (Å²) < 4.78 is 25.7. The lowest BCUT2D eigenvalue weighted by atomic mass is 10.0. The molecule has 8 nitrogen and oxygen atoms in total. The van der Waals surface area contributed by atoms with Crippen molar-refractivity contribution in [3.8, 4) is 11.1 Å². The summed E-state index contributed by atoms with van der Waals surface area (Å²) in [6.07, 6.45) is 0.658. The molecule has 1 aromatic heterocycles. The molecule has 0 unspecified atom stereocenters. The second-order valence-electron chi connectivity index (χ2n) is 6.61. The molecule has 0 atom stereocenters. The Labute approximate surface area is 170 Å². The number of nitrogens with two attached hydrogens (primary N) is 1. The first-order valence-electron chi connectivity index (χ1n) is 8.69. The van der Waals surface area contributed by atoms with Crippen LogP contribution in [0.25, 0.3) is 11.1 Å². The Morgan fingerprint density at radius 2 is 2.00 bits per heavy atom. The van der Waals surface area contributed by atoms with E-state index in [-0.39, 0.29) is 11.7 Å². The number of H-pyrrole nitrogens is 1. The van der Waals surface area contributed by atoms with Gasteiger partial charge in [0.25, 0.3) is 0 Å². The Kier molecular flexibility index (Phi) is 4.77. The van der Waals surface area contributed by atoms with Crippen LogP contribution in [0.2, 0.25) is 5.02 Å². The lowest BCUT2D eigenvalue weighted by Gasteiger charge is -2.18. The molecule has 4 N–H and O–H groups in total. The van der Waals surface area contributed by atoms with E-state index in [1.807, 2.05) is 36.4 Å². The average Bonchev–Trinajstić information content (AvgIpc) is 3.19. The summed E-state index contributed by atoms with van der Waals surface area (Å²) in [5, 5.41) is 11.3. The predicted octanol–water partition coefficient (Wildman–Crippen LogP) is 0.981. The summed E-state index contributed by atoms with van der Waals surface area (Å²) >= 11 is 6.56. The number of nitrogens with one attached hydrogen (secondary N) is 2. The number of aromatic nitrogens is 3. The van der Waals surface area contributed by atoms with Gasteiger partial charge in [-0.25, -0.2) is 13.5 Å². The van der Waals surface area contributed by atoms with E-state index in [2.05, 4.69) is 20.5 Å². The molecule has 1 fully saturated rings. The number of anilines is 4. The molecule has 11 heteroatoms. The highest BCUT2D eigenvalue weighted by atomic mass is 35.5. The van der Waals surface area contributed by atoms with Gasteiger partial charge in [-0.3, -0.25) is 4.31 Å². The highest BCUT2D eigenvalue weighted by Gasteiger charge is 2.28. The average molecular weight is 435 g/mol. The Balaban J connectivity index is 1.62. The highest BCUT2D eigenvalue weighted by Crippen LogP contribution is 2.32. The third-order valence-corrected chi connectivity index (χ3v) is 7.55. The zero-order valence-electron chi connectivity index (χ0n) is 15.1. The van der Waals surface area contributed by atoms with Crippen molar-refractivity contribution >= 4 is 60.3 Å². The lowest BCUT2D eigenvalue weighted by Crippen LogP contribution is -2.24. The number of hydrogen-bond acceptors (Lipinski definition) is 6. The van der Waals surface area contributed by atoms with Crippen LogP contribution in [0.5, 0.6) is 0 Å². The fraction of sp³-hybridized carbons (Fsp3) is 0.176. The summed E-state index contributed by atoms with van der Waals surface area (Å²) in [5.74, 6) is 0.811. The summed E-state index contributed by atoms with van der Waals surface area (Å²) in [5.41, 5.74) is 8.90. The van der Waals surface area contributed by atoms with E-state index < -0.39 is 10.0 Å². The summed E-state index contributed by atoms with van der Waals surface area (Å²) in [4.78, 5) is 4.02. The third-order valence-electron chi connectivity index (χ3n) is 4.59. The predicted molar refractivity (Wildman–Crippen MR) is 116 cm³/mol. The van der Waals surface area contributed by atoms with Gasteiger partial charge in [-0.1, -0.05) is 28.9 Å². The molecule has 0 aliphatic carbocycles. The number of rotatable bonds is 4. The smallest absolute Gasteiger partial charge is 0.248 e. The standard InChI is InChI=1S/C17H19ClN6O2SSi/c18-13-8-11(20-17-21-16(19)22-23-17)9-14(28)15(13)10-2-4-12(5-3-10)24-6-1-7-27(24,25)26/h2-5,8-9H,1,6-7H2,28H3,(H4,19,20,21,22,23). The van der Waals surface area contributed by atoms with Crippen molar-refractivity contribution in [1.29, 1.82) is 0 Å². The summed E-state index contributed by atoms with van der Waals surface area (Å²) in [6, 6.07) is 11.3. The maximum absolute atomic E-state index is 12.1. The van der Waals surface area contributed by atoms with E-state index in [4.69, 9.17) is 17.3 Å². The van der Waals surface area contributed by atoms with E-state index in [9.17, 15) is 8.42 Å². The molecule has 28 heavy (non-hydrogen) atoms. The SMILES string of the molecule is Nc1nc(Nc2cc([SiH3])c(-c3ccc(N4CCCS4(=O)=O)cc3)c(Cl)c2)n[nH]1. The minimum atomic E-state index is -3.19. The molecule has 0 spiro atoms. The van der Waals surface area contributed by atoms with Crippen LogP contribution in [-0.4, -0.2) is 46.1 Å². The minimum Gasteiger partial charge on any atom is -0.368 e. The molecule has 3 aromatic rings. The van der Waals surface area contributed by atoms with Crippen molar-refractivity contribution in [2.24, 2.45) is 0 Å². The van der Waals surface area contributed by atoms with E-state index in [1.165, 1.54) is 4.31 Å². The normalized spacial score (nSPS) is 15.8. The molecule has 1 aliphatic rings. The van der Waals surface area contributed by atoms with Gasteiger partial charge in [-0.05, 0) is 41.8 Å². The number of nitrogen functional groups attached to an aromatic ring is 1. The third kappa shape index (κ3) is 3.58. The first-order chi connectivity index (χ1) is 13.3. The maximum Gasteiger partial charge on any atom is 0.248 e. The van der Waals surface area contributed by atoms with Crippen LogP contribution in [-0.2, 0) is 10.0 Å². The molecule has 2 heterocycles. The van der Waals surface area contributed by atoms with Gasteiger partial charge in [-0.2, -0.15) is 4.98 Å². The number of nitrogens with zero attached hydrogens (tertiary/aromatic N) is 3. The number of aromatic amines is 1. The van der Waals surface area contributed by atoms with Crippen LogP contribution in [0, 0.1) is 0 Å². The van der Waals surface area contributed by atoms with Crippen LogP contribution in [0.15, 0.2) is 36.4 Å². The van der Waals surface area contributed by atoms with E-state index in [0.717, 1.165) is 32.2 Å². The highest BCUT2D eigenvalue weighted by molar-refractivity contribution is 7.93. The van der Waals surface area contributed by atoms with Crippen molar-refractivity contribution in [2.75, 3.05) is 27.7 Å². The topological polar surface area (TPSA) is 117 Å². The molecule has 0 saturated carbocycles. The Morgan fingerprint density at radius 3 is 2.57 bits per heavy atom. The van der Waals surface area contributed by atoms with Crippen LogP contribution < -0.4 is 20.5 Å². The van der Waals surface area contributed by atoms with Gasteiger partial charge in [0.1, 0.15) is 0 Å². The van der Waals surface area contributed by atoms with Gasteiger partial charge in [-0.15, -0.1) is 5.10 Å². The summed E-state index contributed by atoms with van der Waals surface area (Å²) in [7, 11) is -2.41. The first-order valence-corrected chi connectivity index (χ1v) is 11.7. The monoisotopic (exact) mass is 434 g/mol. The molecule has 0 radical (unpaired) electrons. The van der Waals surface area contributed by atoms with Crippen molar-refractivity contribution in [2.45, 2.75) is 6.42 Å². The second-order valence-corrected chi connectivity index (χ2v) is 10.1. The van der Waals surface area contributed by atoms with Crippen LogP contribution in [0.1, 0.15) is 6.42 Å². The fourth-order valence-electron chi connectivity index (χ4n) is 3.37. The Morgan fingerprint density at radius 1 is 1.25 bits per heavy atom. The zero-order chi connectivity index (χ0) is 19.9. The molecular weight excluding hydrogens is 416 g/mol. The van der Waals surface area contributed by atoms with E-state index in [1.54, 1.807) is 0 Å². The number of sulfonamides is 1. The first kappa shape index (κ1) is 18.8. The van der Waals surface area contributed by atoms with Crippen molar-refractivity contribution < 1.29 is 8.42 Å². The molecule has 4 rings (SSSR count). The molecule has 146 valence electrons. The molecule has 1 saturated heterocycles. The van der Waals surface area contributed by atoms with E-state index >= 15 is 0 Å². The number of hydrogen-bond donors (Lipinski definition) is 3. The summed E-state index contributed by atoms with van der Waals surface area (Å²) in [6.45, 7) is 0.528. The van der Waals surface area contributed by atoms with Gasteiger partial charge in [0.05, 0.1) is 16.5 Å². The number of benzene rings is 2. The zero-order valence-corrected chi connectivity index (χ0v) is 18.7. The maximum atomic E-state index is 12.1. The quantitative estimate of drug-likeness (QED) is 0.527. The van der Waals surface area contributed by atoms with Crippen LogP contribution in [0.3, 0.4) is 0 Å². The fourth-order valence-corrected chi connectivity index (χ4v) is 6.33. The van der Waals surface area contributed by atoms with Gasteiger partial charge >= 0.3 is 0 Å². The van der Waals surface area contributed by atoms with Gasteiger partial charge < -0.3 is 11.1 Å². The molecular formula is C17H19ClN6O2SSi. The molecule has 2 aromatic carbocycles. The molecule has 1 aliphatic heterocycles.